The van der Waals surface area contributed by atoms with E-state index in [-0.39, 0.29) is 17.4 Å². The highest BCUT2D eigenvalue weighted by Gasteiger charge is 2.49. The molecule has 1 saturated heterocycles. The normalized spacial score (nSPS) is 20.0. The van der Waals surface area contributed by atoms with Crippen LogP contribution < -0.4 is 14.4 Å². The number of Topliss-reactive ketones (excluding diaryl/α,β-unsaturated/α-hetero) is 1. The molecule has 2 aromatic carbocycles. The lowest BCUT2D eigenvalue weighted by atomic mass is 9.90. The highest BCUT2D eigenvalue weighted by molar-refractivity contribution is 6.46. The molecule has 1 aliphatic carbocycles. The van der Waals surface area contributed by atoms with Crippen LogP contribution in [0.1, 0.15) is 63.1 Å². The number of benzene rings is 2. The second kappa shape index (κ2) is 11.1. The van der Waals surface area contributed by atoms with Crippen molar-refractivity contribution < 1.29 is 24.2 Å². The highest BCUT2D eigenvalue weighted by Crippen LogP contribution is 2.44. The fraction of sp³-hybridized carbons (Fsp3) is 0.448. The summed E-state index contributed by atoms with van der Waals surface area (Å²) < 4.78 is 11.4. The minimum atomic E-state index is -0.662. The summed E-state index contributed by atoms with van der Waals surface area (Å²) in [5.41, 5.74) is 2.29. The largest absolute Gasteiger partial charge is 0.507 e. The van der Waals surface area contributed by atoms with Crippen molar-refractivity contribution in [2.24, 2.45) is 0 Å². The number of anilines is 1. The first-order valence-corrected chi connectivity index (χ1v) is 12.8. The number of amides is 1. The number of carbonyl (C=O) groups is 2. The van der Waals surface area contributed by atoms with Gasteiger partial charge in [0.1, 0.15) is 17.3 Å². The van der Waals surface area contributed by atoms with Crippen molar-refractivity contribution in [1.29, 1.82) is 0 Å². The molecule has 2 aromatic rings. The molecule has 1 unspecified atom stereocenters. The van der Waals surface area contributed by atoms with E-state index in [1.807, 2.05) is 57.1 Å². The van der Waals surface area contributed by atoms with Crippen molar-refractivity contribution in [2.75, 3.05) is 32.2 Å². The minimum absolute atomic E-state index is 0.0364. The van der Waals surface area contributed by atoms with Crippen LogP contribution in [0, 0.1) is 0 Å². The van der Waals surface area contributed by atoms with Crippen LogP contribution in [0.4, 0.5) is 5.69 Å². The summed E-state index contributed by atoms with van der Waals surface area (Å²) in [6.07, 6.45) is 4.88. The van der Waals surface area contributed by atoms with Gasteiger partial charge in [0.25, 0.3) is 11.7 Å². The molecule has 1 N–H and O–H groups in total. The van der Waals surface area contributed by atoms with Crippen LogP contribution in [-0.4, -0.2) is 55.0 Å². The van der Waals surface area contributed by atoms with E-state index in [2.05, 4.69) is 0 Å². The van der Waals surface area contributed by atoms with Crippen LogP contribution in [0.3, 0.4) is 0 Å². The molecule has 7 nitrogen and oxygen atoms in total. The smallest absolute Gasteiger partial charge is 0.295 e. The Morgan fingerprint density at radius 1 is 0.972 bits per heavy atom. The van der Waals surface area contributed by atoms with Gasteiger partial charge in [-0.15, -0.1) is 0 Å². The van der Waals surface area contributed by atoms with E-state index in [1.54, 1.807) is 23.1 Å². The van der Waals surface area contributed by atoms with Crippen LogP contribution in [-0.2, 0) is 9.59 Å². The Hall–Kier alpha value is -3.48. The van der Waals surface area contributed by atoms with Crippen molar-refractivity contribution in [3.8, 4) is 11.5 Å². The van der Waals surface area contributed by atoms with Crippen LogP contribution >= 0.6 is 0 Å². The monoisotopic (exact) mass is 492 g/mol. The Bertz CT molecular complexity index is 1130. The fourth-order valence-corrected chi connectivity index (χ4v) is 5.24. The predicted octanol–water partition coefficient (Wildman–Crippen LogP) is 5.30. The zero-order valence-corrected chi connectivity index (χ0v) is 21.6. The number of carbonyl (C=O) groups excluding carboxylic acids is 2. The summed E-state index contributed by atoms with van der Waals surface area (Å²) in [5, 5.41) is 11.6. The van der Waals surface area contributed by atoms with E-state index >= 15 is 0 Å². The molecular formula is C29H36N2O5. The third-order valence-electron chi connectivity index (χ3n) is 6.99. The number of rotatable bonds is 8. The number of hydrogen-bond donors (Lipinski definition) is 1. The van der Waals surface area contributed by atoms with Gasteiger partial charge in [-0.2, -0.15) is 0 Å². The number of hydrogen-bond acceptors (Lipinski definition) is 6. The molecule has 2 fully saturated rings. The van der Waals surface area contributed by atoms with Gasteiger partial charge in [0.15, 0.2) is 0 Å². The summed E-state index contributed by atoms with van der Waals surface area (Å²) >= 11 is 0. The van der Waals surface area contributed by atoms with Gasteiger partial charge in [-0.3, -0.25) is 9.59 Å². The first-order valence-electron chi connectivity index (χ1n) is 12.8. The summed E-state index contributed by atoms with van der Waals surface area (Å²) in [6.45, 7) is 4.61. The second-order valence-corrected chi connectivity index (χ2v) is 9.51. The number of aliphatic hydroxyl groups excluding tert-OH is 1. The molecular weight excluding hydrogens is 456 g/mol. The quantitative estimate of drug-likeness (QED) is 0.306. The molecule has 192 valence electrons. The van der Waals surface area contributed by atoms with Crippen molar-refractivity contribution in [2.45, 2.75) is 58.0 Å². The number of nitrogens with zero attached hydrogens (tertiary/aromatic N) is 2. The Labute approximate surface area is 213 Å². The summed E-state index contributed by atoms with van der Waals surface area (Å²) in [7, 11) is 3.93. The molecule has 1 atom stereocenters. The van der Waals surface area contributed by atoms with Crippen molar-refractivity contribution in [3.63, 3.8) is 0 Å². The maximum absolute atomic E-state index is 13.5. The topological polar surface area (TPSA) is 79.3 Å². The molecule has 0 aromatic heterocycles. The minimum Gasteiger partial charge on any atom is -0.507 e. The van der Waals surface area contributed by atoms with Crippen LogP contribution in [0.15, 0.2) is 48.0 Å². The molecule has 2 aliphatic rings. The van der Waals surface area contributed by atoms with E-state index < -0.39 is 17.7 Å². The van der Waals surface area contributed by atoms with Crippen molar-refractivity contribution in [3.05, 3.63) is 59.2 Å². The van der Waals surface area contributed by atoms with Crippen molar-refractivity contribution in [1.82, 2.24) is 4.90 Å². The fourth-order valence-electron chi connectivity index (χ4n) is 5.24. The maximum atomic E-state index is 13.5. The number of ketones is 1. The summed E-state index contributed by atoms with van der Waals surface area (Å²) in [4.78, 5) is 30.6. The van der Waals surface area contributed by atoms with E-state index in [0.717, 1.165) is 43.4 Å². The third-order valence-corrected chi connectivity index (χ3v) is 6.99. The zero-order valence-electron chi connectivity index (χ0n) is 21.6. The lowest BCUT2D eigenvalue weighted by molar-refractivity contribution is -0.141. The zero-order chi connectivity index (χ0) is 25.8. The molecule has 7 heteroatoms. The number of likely N-dealkylation sites (tertiary alicyclic amines) is 1. The molecule has 36 heavy (non-hydrogen) atoms. The number of aliphatic hydroxyl groups is 1. The molecule has 1 saturated carbocycles. The second-order valence-electron chi connectivity index (χ2n) is 9.51. The van der Waals surface area contributed by atoms with Gasteiger partial charge in [0.05, 0.1) is 30.4 Å². The average Bonchev–Trinajstić information content (AvgIpc) is 3.15. The van der Waals surface area contributed by atoms with Crippen molar-refractivity contribution >= 4 is 23.1 Å². The highest BCUT2D eigenvalue weighted by atomic mass is 16.5. The average molecular weight is 493 g/mol. The van der Waals surface area contributed by atoms with Gasteiger partial charge < -0.3 is 24.4 Å². The molecule has 1 amide bonds. The lowest BCUT2D eigenvalue weighted by Gasteiger charge is -2.35. The van der Waals surface area contributed by atoms with E-state index in [0.29, 0.717) is 30.3 Å². The Kier molecular flexibility index (Phi) is 7.87. The molecule has 1 heterocycles. The summed E-state index contributed by atoms with van der Waals surface area (Å²) in [6, 6.07) is 12.3. The molecule has 0 radical (unpaired) electrons. The van der Waals surface area contributed by atoms with Gasteiger partial charge >= 0.3 is 0 Å². The van der Waals surface area contributed by atoms with Crippen LogP contribution in [0.2, 0.25) is 0 Å². The molecule has 4 rings (SSSR count). The van der Waals surface area contributed by atoms with Crippen LogP contribution in [0.25, 0.3) is 5.76 Å². The first-order chi connectivity index (χ1) is 17.4. The summed E-state index contributed by atoms with van der Waals surface area (Å²) in [5.74, 6) is -0.410. The van der Waals surface area contributed by atoms with E-state index in [4.69, 9.17) is 9.47 Å². The molecule has 1 aliphatic heterocycles. The van der Waals surface area contributed by atoms with E-state index in [1.165, 1.54) is 0 Å². The molecule has 0 bridgehead atoms. The third kappa shape index (κ3) is 4.92. The SMILES string of the molecule is CCOc1ccc(/C(O)=C2/C(=O)C(=O)N(C3CCCCC3)C2c2ccc(N(C)C)cc2)c(OCC)c1. The maximum Gasteiger partial charge on any atom is 0.295 e. The van der Waals surface area contributed by atoms with Gasteiger partial charge in [-0.1, -0.05) is 31.4 Å². The van der Waals surface area contributed by atoms with Gasteiger partial charge in [-0.05, 0) is 56.5 Å². The van der Waals surface area contributed by atoms with E-state index in [9.17, 15) is 14.7 Å². The Balaban J connectivity index is 1.87. The van der Waals surface area contributed by atoms with Gasteiger partial charge in [0.2, 0.25) is 0 Å². The number of ether oxygens (including phenoxy) is 2. The first kappa shape index (κ1) is 25.6. The predicted molar refractivity (Wildman–Crippen MR) is 141 cm³/mol. The van der Waals surface area contributed by atoms with Gasteiger partial charge in [0, 0.05) is 31.9 Å². The standard InChI is InChI=1S/C29H36N2O5/c1-5-35-22-16-17-23(24(18-22)36-6-2)27(32)25-26(19-12-14-20(15-13-19)30(3)4)31(29(34)28(25)33)21-10-8-7-9-11-21/h12-18,21,26,32H,5-11H2,1-4H3/b27-25-. The van der Waals surface area contributed by atoms with Gasteiger partial charge in [-0.25, -0.2) is 0 Å². The Morgan fingerprint density at radius 3 is 2.25 bits per heavy atom. The molecule has 0 spiro atoms. The Morgan fingerprint density at radius 2 is 1.64 bits per heavy atom. The lowest BCUT2D eigenvalue weighted by Crippen LogP contribution is -2.40. The van der Waals surface area contributed by atoms with Crippen LogP contribution in [0.5, 0.6) is 11.5 Å².